The van der Waals surface area contributed by atoms with Gasteiger partial charge in [0.2, 0.25) is 5.13 Å². The molecule has 6 nitrogen and oxygen atoms in total. The van der Waals surface area contributed by atoms with Crippen LogP contribution < -0.4 is 5.32 Å². The molecule has 0 saturated heterocycles. The van der Waals surface area contributed by atoms with Gasteiger partial charge in [-0.2, -0.15) is 0 Å². The van der Waals surface area contributed by atoms with Gasteiger partial charge in [0.15, 0.2) is 0 Å². The highest BCUT2D eigenvalue weighted by Gasteiger charge is 2.23. The van der Waals surface area contributed by atoms with Crippen molar-refractivity contribution in [2.75, 3.05) is 5.32 Å². The highest BCUT2D eigenvalue weighted by molar-refractivity contribution is 7.15. The monoisotopic (exact) mass is 368 g/mol. The minimum Gasteiger partial charge on any atom is -0.318 e. The molecule has 1 amide bonds. The van der Waals surface area contributed by atoms with Crippen LogP contribution in [0.1, 0.15) is 37.9 Å². The van der Waals surface area contributed by atoms with Gasteiger partial charge in [0, 0.05) is 22.6 Å². The summed E-state index contributed by atoms with van der Waals surface area (Å²) in [6, 6.07) is 7.97. The highest BCUT2D eigenvalue weighted by Crippen LogP contribution is 2.23. The molecule has 0 aliphatic rings. The standard InChI is InChI=1S/C19H20N4O2S/c1-10-6-11(2)8-15(7-10)23-12(3)9-16(13(23)4)17(24)18(25)20-19-22-21-14(5)26-19/h6-9H,1-5H3,(H,20,22,25). The molecule has 3 rings (SSSR count). The topological polar surface area (TPSA) is 76.9 Å². The van der Waals surface area contributed by atoms with E-state index in [1.165, 1.54) is 11.3 Å². The number of hydrogen-bond donors (Lipinski definition) is 1. The molecule has 0 unspecified atom stereocenters. The van der Waals surface area contributed by atoms with Crippen LogP contribution in [0, 0.1) is 34.6 Å². The summed E-state index contributed by atoms with van der Waals surface area (Å²) in [4.78, 5) is 24.9. The van der Waals surface area contributed by atoms with Gasteiger partial charge in [0.25, 0.3) is 11.7 Å². The third-order valence-electron chi connectivity index (χ3n) is 4.09. The van der Waals surface area contributed by atoms with Crippen LogP contribution in [0.25, 0.3) is 5.69 Å². The molecule has 1 aromatic carbocycles. The van der Waals surface area contributed by atoms with E-state index in [4.69, 9.17) is 0 Å². The Morgan fingerprint density at radius 1 is 0.962 bits per heavy atom. The first-order valence-corrected chi connectivity index (χ1v) is 9.01. The lowest BCUT2D eigenvalue weighted by Crippen LogP contribution is -2.23. The minimum atomic E-state index is -0.707. The summed E-state index contributed by atoms with van der Waals surface area (Å²) in [5, 5.41) is 11.2. The zero-order valence-corrected chi connectivity index (χ0v) is 16.2. The summed E-state index contributed by atoms with van der Waals surface area (Å²) in [5.41, 5.74) is 5.29. The lowest BCUT2D eigenvalue weighted by Gasteiger charge is -2.12. The van der Waals surface area contributed by atoms with E-state index in [-0.39, 0.29) is 0 Å². The van der Waals surface area contributed by atoms with Crippen molar-refractivity contribution in [2.24, 2.45) is 0 Å². The fourth-order valence-corrected chi connectivity index (χ4v) is 3.68. The Balaban J connectivity index is 1.94. The highest BCUT2D eigenvalue weighted by atomic mass is 32.1. The Bertz CT molecular complexity index is 996. The van der Waals surface area contributed by atoms with Gasteiger partial charge in [-0.15, -0.1) is 10.2 Å². The first-order chi connectivity index (χ1) is 12.3. The van der Waals surface area contributed by atoms with Crippen LogP contribution >= 0.6 is 11.3 Å². The number of aryl methyl sites for hydroxylation is 4. The molecule has 1 N–H and O–H groups in total. The first-order valence-electron chi connectivity index (χ1n) is 8.19. The SMILES string of the molecule is Cc1cc(C)cc(-n2c(C)cc(C(=O)C(=O)Nc3nnc(C)s3)c2C)c1. The first kappa shape index (κ1) is 18.0. The Morgan fingerprint density at radius 2 is 1.62 bits per heavy atom. The van der Waals surface area contributed by atoms with E-state index in [9.17, 15) is 9.59 Å². The summed E-state index contributed by atoms with van der Waals surface area (Å²) in [7, 11) is 0. The number of ketones is 1. The second-order valence-corrected chi connectivity index (χ2v) is 7.56. The van der Waals surface area contributed by atoms with Crippen molar-refractivity contribution < 1.29 is 9.59 Å². The number of rotatable bonds is 4. The van der Waals surface area contributed by atoms with Crippen molar-refractivity contribution in [1.29, 1.82) is 0 Å². The maximum absolute atomic E-state index is 12.6. The smallest absolute Gasteiger partial charge is 0.298 e. The molecule has 3 aromatic rings. The van der Waals surface area contributed by atoms with Crippen LogP contribution in [0.2, 0.25) is 0 Å². The maximum Gasteiger partial charge on any atom is 0.298 e. The molecule has 0 aliphatic heterocycles. The van der Waals surface area contributed by atoms with Gasteiger partial charge in [-0.05, 0) is 63.9 Å². The molecule has 0 saturated carbocycles. The largest absolute Gasteiger partial charge is 0.318 e. The fourth-order valence-electron chi connectivity index (χ4n) is 3.09. The van der Waals surface area contributed by atoms with E-state index < -0.39 is 11.7 Å². The molecule has 0 spiro atoms. The van der Waals surface area contributed by atoms with Crippen molar-refractivity contribution in [3.8, 4) is 5.69 Å². The van der Waals surface area contributed by atoms with E-state index in [0.29, 0.717) is 10.7 Å². The van der Waals surface area contributed by atoms with Crippen molar-refractivity contribution in [3.05, 3.63) is 57.4 Å². The molecule has 7 heteroatoms. The minimum absolute atomic E-state index is 0.323. The van der Waals surface area contributed by atoms with E-state index in [0.717, 1.165) is 33.2 Å². The number of aromatic nitrogens is 3. The predicted molar refractivity (Wildman–Crippen MR) is 102 cm³/mol. The normalized spacial score (nSPS) is 10.8. The Labute approximate surface area is 155 Å². The van der Waals surface area contributed by atoms with Crippen LogP contribution in [0.15, 0.2) is 24.3 Å². The molecule has 0 radical (unpaired) electrons. The van der Waals surface area contributed by atoms with E-state index in [2.05, 4.69) is 33.7 Å². The summed E-state index contributed by atoms with van der Waals surface area (Å²) >= 11 is 1.23. The quantitative estimate of drug-likeness (QED) is 0.563. The third-order valence-corrected chi connectivity index (χ3v) is 4.85. The molecular formula is C19H20N4O2S. The number of benzene rings is 1. The fraction of sp³-hybridized carbons (Fsp3) is 0.263. The summed E-state index contributed by atoms with van der Waals surface area (Å²) in [6.45, 7) is 9.63. The van der Waals surface area contributed by atoms with Crippen molar-refractivity contribution in [3.63, 3.8) is 0 Å². The zero-order valence-electron chi connectivity index (χ0n) is 15.4. The summed E-state index contributed by atoms with van der Waals surface area (Å²) in [5.74, 6) is -1.29. The van der Waals surface area contributed by atoms with Crippen molar-refractivity contribution in [1.82, 2.24) is 14.8 Å². The van der Waals surface area contributed by atoms with Gasteiger partial charge in [-0.1, -0.05) is 17.4 Å². The zero-order chi connectivity index (χ0) is 19.0. The number of carbonyl (C=O) groups excluding carboxylic acids is 2. The lowest BCUT2D eigenvalue weighted by molar-refractivity contribution is -0.112. The van der Waals surface area contributed by atoms with Crippen LogP contribution in [-0.2, 0) is 4.79 Å². The van der Waals surface area contributed by atoms with Gasteiger partial charge >= 0.3 is 0 Å². The number of nitrogens with one attached hydrogen (secondary N) is 1. The van der Waals surface area contributed by atoms with Gasteiger partial charge in [-0.25, -0.2) is 0 Å². The molecule has 2 aromatic heterocycles. The molecule has 0 fully saturated rings. The van der Waals surface area contributed by atoms with Crippen LogP contribution in [0.3, 0.4) is 0 Å². The number of amides is 1. The molecule has 26 heavy (non-hydrogen) atoms. The number of hydrogen-bond acceptors (Lipinski definition) is 5. The van der Waals surface area contributed by atoms with Gasteiger partial charge in [-0.3, -0.25) is 14.9 Å². The Hall–Kier alpha value is -2.80. The molecule has 2 heterocycles. The summed E-state index contributed by atoms with van der Waals surface area (Å²) < 4.78 is 2.00. The van der Waals surface area contributed by atoms with Crippen LogP contribution in [0.4, 0.5) is 5.13 Å². The number of anilines is 1. The molecule has 0 atom stereocenters. The second-order valence-electron chi connectivity index (χ2n) is 6.38. The summed E-state index contributed by atoms with van der Waals surface area (Å²) in [6.07, 6.45) is 0. The Morgan fingerprint density at radius 3 is 2.19 bits per heavy atom. The molecule has 134 valence electrons. The lowest BCUT2D eigenvalue weighted by atomic mass is 10.1. The van der Waals surface area contributed by atoms with Crippen LogP contribution in [-0.4, -0.2) is 26.5 Å². The molecule has 0 bridgehead atoms. The van der Waals surface area contributed by atoms with Crippen molar-refractivity contribution >= 4 is 28.2 Å². The van der Waals surface area contributed by atoms with Crippen LogP contribution in [0.5, 0.6) is 0 Å². The average Bonchev–Trinajstić information content (AvgIpc) is 3.08. The van der Waals surface area contributed by atoms with Gasteiger partial charge in [0.05, 0.1) is 0 Å². The van der Waals surface area contributed by atoms with Crippen molar-refractivity contribution in [2.45, 2.75) is 34.6 Å². The third kappa shape index (κ3) is 3.43. The number of Topliss-reactive ketones (excluding diaryl/α,β-unsaturated/α-hetero) is 1. The second kappa shape index (κ2) is 6.84. The maximum atomic E-state index is 12.6. The van der Waals surface area contributed by atoms with Gasteiger partial charge in [0.1, 0.15) is 5.01 Å². The molecule has 0 aliphatic carbocycles. The van der Waals surface area contributed by atoms with E-state index in [1.807, 2.05) is 32.3 Å². The van der Waals surface area contributed by atoms with E-state index >= 15 is 0 Å². The average molecular weight is 368 g/mol. The predicted octanol–water partition coefficient (Wildman–Crippen LogP) is 3.69. The number of nitrogens with zero attached hydrogens (tertiary/aromatic N) is 3. The van der Waals surface area contributed by atoms with Gasteiger partial charge < -0.3 is 4.57 Å². The Kier molecular flexibility index (Phi) is 4.73. The number of carbonyl (C=O) groups is 2. The van der Waals surface area contributed by atoms with E-state index in [1.54, 1.807) is 13.0 Å². The molecular weight excluding hydrogens is 348 g/mol.